The van der Waals surface area contributed by atoms with Crippen molar-refractivity contribution in [1.82, 2.24) is 4.57 Å². The van der Waals surface area contributed by atoms with Crippen molar-refractivity contribution >= 4 is 34.3 Å². The van der Waals surface area contributed by atoms with Crippen LogP contribution >= 0.6 is 23.4 Å². The van der Waals surface area contributed by atoms with E-state index >= 15 is 0 Å². The van der Waals surface area contributed by atoms with Crippen molar-refractivity contribution in [3.05, 3.63) is 101 Å². The van der Waals surface area contributed by atoms with Crippen molar-refractivity contribution < 1.29 is 4.39 Å². The van der Waals surface area contributed by atoms with E-state index in [0.29, 0.717) is 16.3 Å². The number of hydrogen-bond acceptors (Lipinski definition) is 1. The molecule has 0 amide bonds. The summed E-state index contributed by atoms with van der Waals surface area (Å²) in [7, 11) is 0. The summed E-state index contributed by atoms with van der Waals surface area (Å²) in [5.74, 6) is 0.253. The summed E-state index contributed by atoms with van der Waals surface area (Å²) in [5.41, 5.74) is 2.99. The van der Waals surface area contributed by atoms with E-state index in [1.54, 1.807) is 23.9 Å². The van der Waals surface area contributed by atoms with Crippen molar-refractivity contribution in [1.29, 1.82) is 0 Å². The topological polar surface area (TPSA) is 4.93 Å². The van der Waals surface area contributed by atoms with Crippen LogP contribution in [-0.2, 0) is 12.3 Å². The van der Waals surface area contributed by atoms with E-state index in [0.717, 1.165) is 11.4 Å². The summed E-state index contributed by atoms with van der Waals surface area (Å²) in [6, 6.07) is 23.5. The third kappa shape index (κ3) is 3.50. The number of nitrogens with zero attached hydrogens (tertiary/aromatic N) is 1. The molecule has 1 aromatic heterocycles. The van der Waals surface area contributed by atoms with E-state index in [4.69, 9.17) is 11.6 Å². The molecular formula is C22H17ClFNS. The van der Waals surface area contributed by atoms with Crippen molar-refractivity contribution in [3.8, 4) is 0 Å². The van der Waals surface area contributed by atoms with Gasteiger partial charge in [0.1, 0.15) is 5.82 Å². The molecule has 0 radical (unpaired) electrons. The number of halogens is 2. The lowest BCUT2D eigenvalue weighted by atomic mass is 10.2. The molecule has 4 rings (SSSR count). The predicted molar refractivity (Wildman–Crippen MR) is 108 cm³/mol. The molecule has 1 heterocycles. The van der Waals surface area contributed by atoms with Crippen LogP contribution in [0.25, 0.3) is 10.9 Å². The van der Waals surface area contributed by atoms with Gasteiger partial charge in [-0.2, -0.15) is 0 Å². The van der Waals surface area contributed by atoms with Gasteiger partial charge in [0.25, 0.3) is 0 Å². The molecule has 0 aliphatic rings. The molecule has 1 nitrogen and oxygen atoms in total. The molecule has 26 heavy (non-hydrogen) atoms. The number of rotatable bonds is 5. The van der Waals surface area contributed by atoms with Gasteiger partial charge in [0.2, 0.25) is 0 Å². The van der Waals surface area contributed by atoms with Crippen LogP contribution in [0.2, 0.25) is 5.02 Å². The Labute approximate surface area is 161 Å². The van der Waals surface area contributed by atoms with Gasteiger partial charge >= 0.3 is 0 Å². The van der Waals surface area contributed by atoms with Crippen molar-refractivity contribution in [2.45, 2.75) is 17.2 Å². The van der Waals surface area contributed by atoms with Crippen LogP contribution in [-0.4, -0.2) is 4.57 Å². The maximum absolute atomic E-state index is 14.1. The molecule has 0 aliphatic heterocycles. The van der Waals surface area contributed by atoms with Gasteiger partial charge in [0.05, 0.1) is 0 Å². The molecule has 0 unspecified atom stereocenters. The zero-order valence-electron chi connectivity index (χ0n) is 14.0. The van der Waals surface area contributed by atoms with Gasteiger partial charge in [0, 0.05) is 44.9 Å². The van der Waals surface area contributed by atoms with E-state index in [-0.39, 0.29) is 5.82 Å². The van der Waals surface area contributed by atoms with E-state index < -0.39 is 0 Å². The largest absolute Gasteiger partial charge is 0.342 e. The Morgan fingerprint density at radius 3 is 2.46 bits per heavy atom. The minimum absolute atomic E-state index is 0.252. The lowest BCUT2D eigenvalue weighted by Gasteiger charge is -2.05. The molecule has 0 spiro atoms. The Hall–Kier alpha value is -2.23. The monoisotopic (exact) mass is 381 g/mol. The number of fused-ring (bicyclic) bond motifs is 1. The van der Waals surface area contributed by atoms with Crippen LogP contribution in [0.15, 0.2) is 83.9 Å². The molecule has 0 fully saturated rings. The van der Waals surface area contributed by atoms with Crippen molar-refractivity contribution in [2.24, 2.45) is 0 Å². The third-order valence-corrected chi connectivity index (χ3v) is 5.80. The Balaban J connectivity index is 1.65. The first-order valence-corrected chi connectivity index (χ1v) is 9.76. The highest BCUT2D eigenvalue weighted by Crippen LogP contribution is 2.34. The lowest BCUT2D eigenvalue weighted by molar-refractivity contribution is 0.617. The highest BCUT2D eigenvalue weighted by Gasteiger charge is 2.12. The smallest absolute Gasteiger partial charge is 0.128 e. The summed E-state index contributed by atoms with van der Waals surface area (Å²) in [4.78, 5) is 1.14. The maximum Gasteiger partial charge on any atom is 0.128 e. The fourth-order valence-corrected chi connectivity index (χ4v) is 4.49. The summed E-state index contributed by atoms with van der Waals surface area (Å²) in [6.07, 6.45) is 2.15. The van der Waals surface area contributed by atoms with Gasteiger partial charge < -0.3 is 4.57 Å². The lowest BCUT2D eigenvalue weighted by Crippen LogP contribution is -1.97. The standard InChI is InChI=1S/C22H17ClFNS/c23-19-10-6-11-20(24)18(19)15-26-22-14-25(13-16-7-2-1-3-8-16)21-12-5-4-9-17(21)22/h1-12,14H,13,15H2. The second-order valence-corrected chi connectivity index (χ2v) is 7.54. The summed E-state index contributed by atoms with van der Waals surface area (Å²) in [6.45, 7) is 0.808. The van der Waals surface area contributed by atoms with Crippen LogP contribution < -0.4 is 0 Å². The van der Waals surface area contributed by atoms with Crippen LogP contribution in [0.5, 0.6) is 0 Å². The zero-order valence-corrected chi connectivity index (χ0v) is 15.6. The molecule has 0 N–H and O–H groups in total. The summed E-state index contributed by atoms with van der Waals surface area (Å²) in [5, 5.41) is 1.66. The van der Waals surface area contributed by atoms with Crippen molar-refractivity contribution in [2.75, 3.05) is 0 Å². The maximum atomic E-state index is 14.1. The van der Waals surface area contributed by atoms with Gasteiger partial charge in [-0.3, -0.25) is 0 Å². The number of hydrogen-bond donors (Lipinski definition) is 0. The van der Waals surface area contributed by atoms with Gasteiger partial charge in [-0.15, -0.1) is 11.8 Å². The normalized spacial score (nSPS) is 11.2. The quantitative estimate of drug-likeness (QED) is 0.345. The fourth-order valence-electron chi connectivity index (χ4n) is 3.06. The van der Waals surface area contributed by atoms with Crippen LogP contribution in [0.3, 0.4) is 0 Å². The highest BCUT2D eigenvalue weighted by molar-refractivity contribution is 7.98. The van der Waals surface area contributed by atoms with Gasteiger partial charge in [-0.25, -0.2) is 4.39 Å². The Bertz CT molecular complexity index is 1020. The van der Waals surface area contributed by atoms with Gasteiger partial charge in [-0.1, -0.05) is 66.2 Å². The van der Waals surface area contributed by atoms with E-state index in [9.17, 15) is 4.39 Å². The first-order chi connectivity index (χ1) is 12.7. The first kappa shape index (κ1) is 17.2. The second-order valence-electron chi connectivity index (χ2n) is 6.11. The van der Waals surface area contributed by atoms with E-state index in [1.165, 1.54) is 22.5 Å². The predicted octanol–water partition coefficient (Wildman–Crippen LogP) is 6.77. The fraction of sp³-hybridized carbons (Fsp3) is 0.0909. The van der Waals surface area contributed by atoms with Crippen LogP contribution in [0, 0.1) is 5.82 Å². The summed E-state index contributed by atoms with van der Waals surface area (Å²) < 4.78 is 16.3. The van der Waals surface area contributed by atoms with Crippen molar-refractivity contribution in [3.63, 3.8) is 0 Å². The molecule has 0 atom stereocenters. The first-order valence-electron chi connectivity index (χ1n) is 8.40. The average Bonchev–Trinajstić information content (AvgIpc) is 3.00. The molecule has 0 saturated heterocycles. The second kappa shape index (κ2) is 7.56. The SMILES string of the molecule is Fc1cccc(Cl)c1CSc1cn(Cc2ccccc2)c2ccccc12. The molecule has 0 aliphatic carbocycles. The Morgan fingerprint density at radius 1 is 0.885 bits per heavy atom. The number of aromatic nitrogens is 1. The minimum Gasteiger partial charge on any atom is -0.342 e. The minimum atomic E-state index is -0.252. The molecule has 3 aromatic carbocycles. The van der Waals surface area contributed by atoms with Crippen LogP contribution in [0.1, 0.15) is 11.1 Å². The summed E-state index contributed by atoms with van der Waals surface area (Å²) >= 11 is 7.79. The van der Waals surface area contributed by atoms with Gasteiger partial charge in [-0.05, 0) is 23.8 Å². The molecule has 0 saturated carbocycles. The Kier molecular flexibility index (Phi) is 5.00. The number of benzene rings is 3. The molecule has 4 aromatic rings. The molecule has 4 heteroatoms. The number of thioether (sulfide) groups is 1. The average molecular weight is 382 g/mol. The molecule has 130 valence electrons. The third-order valence-electron chi connectivity index (χ3n) is 4.38. The number of para-hydroxylation sites is 1. The Morgan fingerprint density at radius 2 is 1.65 bits per heavy atom. The highest BCUT2D eigenvalue weighted by atomic mass is 35.5. The molecule has 0 bridgehead atoms. The van der Waals surface area contributed by atoms with Crippen LogP contribution in [0.4, 0.5) is 4.39 Å². The molecular weight excluding hydrogens is 365 g/mol. The van der Waals surface area contributed by atoms with E-state index in [2.05, 4.69) is 47.2 Å². The van der Waals surface area contributed by atoms with Gasteiger partial charge in [0.15, 0.2) is 0 Å². The van der Waals surface area contributed by atoms with E-state index in [1.807, 2.05) is 18.2 Å². The zero-order chi connectivity index (χ0) is 17.9.